The molecule has 0 spiro atoms. The molecular formula is C11H11N3O. The van der Waals surface area contributed by atoms with Crippen LogP contribution >= 0.6 is 0 Å². The molecule has 2 rings (SSSR count). The molecule has 1 N–H and O–H groups in total. The van der Waals surface area contributed by atoms with Crippen molar-refractivity contribution in [2.24, 2.45) is 5.16 Å². The van der Waals surface area contributed by atoms with Crippen molar-refractivity contribution in [3.8, 4) is 5.69 Å². The van der Waals surface area contributed by atoms with E-state index in [9.17, 15) is 0 Å². The minimum absolute atomic E-state index is 0.623. The molecular weight excluding hydrogens is 190 g/mol. The maximum Gasteiger partial charge on any atom is 0.103 e. The van der Waals surface area contributed by atoms with Crippen molar-refractivity contribution in [3.63, 3.8) is 0 Å². The van der Waals surface area contributed by atoms with E-state index in [-0.39, 0.29) is 0 Å². The number of imidazole rings is 1. The molecule has 4 nitrogen and oxygen atoms in total. The Labute approximate surface area is 87.5 Å². The zero-order chi connectivity index (χ0) is 10.7. The smallest absolute Gasteiger partial charge is 0.103 e. The molecule has 2 aromatic rings. The van der Waals surface area contributed by atoms with Gasteiger partial charge in [0, 0.05) is 11.9 Å². The van der Waals surface area contributed by atoms with Crippen molar-refractivity contribution in [2.75, 3.05) is 0 Å². The average Bonchev–Trinajstić information content (AvgIpc) is 2.68. The van der Waals surface area contributed by atoms with Gasteiger partial charge in [-0.15, -0.1) is 0 Å². The lowest BCUT2D eigenvalue weighted by atomic mass is 10.2. The van der Waals surface area contributed by atoms with Crippen LogP contribution < -0.4 is 0 Å². The Hall–Kier alpha value is -2.10. The van der Waals surface area contributed by atoms with Gasteiger partial charge in [-0.05, 0) is 19.1 Å². The Morgan fingerprint density at radius 3 is 2.73 bits per heavy atom. The van der Waals surface area contributed by atoms with E-state index in [0.717, 1.165) is 5.69 Å². The summed E-state index contributed by atoms with van der Waals surface area (Å²) in [5.41, 5.74) is 2.87. The zero-order valence-corrected chi connectivity index (χ0v) is 8.33. The summed E-state index contributed by atoms with van der Waals surface area (Å²) in [4.78, 5) is 4.06. The van der Waals surface area contributed by atoms with Gasteiger partial charge in [0.25, 0.3) is 0 Å². The molecule has 76 valence electrons. The number of nitrogens with zero attached hydrogens (tertiary/aromatic N) is 3. The molecule has 0 unspecified atom stereocenters. The van der Waals surface area contributed by atoms with Crippen LogP contribution in [0.5, 0.6) is 0 Å². The van der Waals surface area contributed by atoms with Crippen LogP contribution in [-0.4, -0.2) is 21.0 Å². The highest BCUT2D eigenvalue weighted by Crippen LogP contribution is 2.09. The number of benzene rings is 1. The monoisotopic (exact) mass is 201 g/mol. The number of rotatable bonds is 2. The van der Waals surface area contributed by atoms with Crippen LogP contribution in [0.15, 0.2) is 41.9 Å². The Morgan fingerprint density at radius 2 is 2.07 bits per heavy atom. The second-order valence-corrected chi connectivity index (χ2v) is 3.29. The van der Waals surface area contributed by atoms with Gasteiger partial charge >= 0.3 is 0 Å². The summed E-state index contributed by atoms with van der Waals surface area (Å²) in [5.74, 6) is 0. The highest BCUT2D eigenvalue weighted by Gasteiger charge is 1.98. The lowest BCUT2D eigenvalue weighted by Gasteiger charge is -2.01. The number of hydrogen-bond acceptors (Lipinski definition) is 3. The molecule has 4 heteroatoms. The summed E-state index contributed by atoms with van der Waals surface area (Å²) < 4.78 is 1.87. The SMILES string of the molecule is Cc1ccc(-n2cnc(C=NO)c2)cc1. The number of oxime groups is 1. The Bertz CT molecular complexity index is 471. The normalized spacial score (nSPS) is 11.0. The molecule has 1 aromatic carbocycles. The van der Waals surface area contributed by atoms with Crippen LogP contribution in [0, 0.1) is 6.92 Å². The van der Waals surface area contributed by atoms with Crippen molar-refractivity contribution in [3.05, 3.63) is 48.0 Å². The third-order valence-corrected chi connectivity index (χ3v) is 2.12. The fourth-order valence-corrected chi connectivity index (χ4v) is 1.32. The van der Waals surface area contributed by atoms with E-state index < -0.39 is 0 Å². The minimum atomic E-state index is 0.623. The molecule has 0 amide bonds. The van der Waals surface area contributed by atoms with Crippen molar-refractivity contribution in [1.82, 2.24) is 9.55 Å². The first-order valence-corrected chi connectivity index (χ1v) is 4.58. The summed E-state index contributed by atoms with van der Waals surface area (Å²) in [6, 6.07) is 8.10. The number of aromatic nitrogens is 2. The van der Waals surface area contributed by atoms with Gasteiger partial charge in [0.05, 0.1) is 12.5 Å². The quantitative estimate of drug-likeness (QED) is 0.459. The summed E-state index contributed by atoms with van der Waals surface area (Å²) in [5, 5.41) is 11.3. The first-order valence-electron chi connectivity index (χ1n) is 4.58. The largest absolute Gasteiger partial charge is 0.411 e. The van der Waals surface area contributed by atoms with E-state index in [1.807, 2.05) is 35.8 Å². The number of hydrogen-bond donors (Lipinski definition) is 1. The Morgan fingerprint density at radius 1 is 1.33 bits per heavy atom. The van der Waals surface area contributed by atoms with Gasteiger partial charge in [-0.1, -0.05) is 22.9 Å². The van der Waals surface area contributed by atoms with E-state index in [0.29, 0.717) is 5.69 Å². The van der Waals surface area contributed by atoms with Gasteiger partial charge in [-0.25, -0.2) is 4.98 Å². The van der Waals surface area contributed by atoms with Crippen molar-refractivity contribution in [2.45, 2.75) is 6.92 Å². The third-order valence-electron chi connectivity index (χ3n) is 2.12. The topological polar surface area (TPSA) is 50.4 Å². The molecule has 0 radical (unpaired) electrons. The third kappa shape index (κ3) is 2.04. The highest BCUT2D eigenvalue weighted by molar-refractivity contribution is 5.76. The lowest BCUT2D eigenvalue weighted by Crippen LogP contribution is -1.89. The molecule has 0 aliphatic rings. The zero-order valence-electron chi connectivity index (χ0n) is 8.33. The molecule has 15 heavy (non-hydrogen) atoms. The van der Waals surface area contributed by atoms with Gasteiger partial charge in [0.1, 0.15) is 5.69 Å². The Kier molecular flexibility index (Phi) is 2.49. The number of aryl methyl sites for hydroxylation is 1. The fourth-order valence-electron chi connectivity index (χ4n) is 1.32. The molecule has 1 heterocycles. The predicted octanol–water partition coefficient (Wildman–Crippen LogP) is 1.99. The summed E-state index contributed by atoms with van der Waals surface area (Å²) in [7, 11) is 0. The van der Waals surface area contributed by atoms with Crippen LogP contribution in [0.4, 0.5) is 0 Å². The van der Waals surface area contributed by atoms with E-state index in [1.54, 1.807) is 12.5 Å². The van der Waals surface area contributed by atoms with Gasteiger partial charge in [-0.3, -0.25) is 0 Å². The summed E-state index contributed by atoms with van der Waals surface area (Å²) in [6.45, 7) is 2.04. The van der Waals surface area contributed by atoms with Crippen LogP contribution in [0.1, 0.15) is 11.3 Å². The summed E-state index contributed by atoms with van der Waals surface area (Å²) >= 11 is 0. The molecule has 1 aromatic heterocycles. The average molecular weight is 201 g/mol. The second kappa shape index (κ2) is 3.96. The molecule has 0 bridgehead atoms. The molecule has 0 aliphatic carbocycles. The minimum Gasteiger partial charge on any atom is -0.411 e. The van der Waals surface area contributed by atoms with E-state index in [4.69, 9.17) is 5.21 Å². The van der Waals surface area contributed by atoms with E-state index in [1.165, 1.54) is 11.8 Å². The highest BCUT2D eigenvalue weighted by atomic mass is 16.4. The van der Waals surface area contributed by atoms with Gasteiger partial charge < -0.3 is 9.77 Å². The van der Waals surface area contributed by atoms with Crippen LogP contribution in [0.2, 0.25) is 0 Å². The first-order chi connectivity index (χ1) is 7.29. The lowest BCUT2D eigenvalue weighted by molar-refractivity contribution is 0.321. The van der Waals surface area contributed by atoms with Gasteiger partial charge in [0.15, 0.2) is 0 Å². The van der Waals surface area contributed by atoms with E-state index >= 15 is 0 Å². The molecule has 0 saturated heterocycles. The molecule has 0 atom stereocenters. The van der Waals surface area contributed by atoms with Crippen LogP contribution in [0.3, 0.4) is 0 Å². The maximum absolute atomic E-state index is 8.36. The summed E-state index contributed by atoms with van der Waals surface area (Å²) in [6.07, 6.45) is 4.77. The molecule has 0 aliphatic heterocycles. The molecule has 0 saturated carbocycles. The standard InChI is InChI=1S/C11H11N3O/c1-9-2-4-11(5-3-9)14-7-10(6-13-15)12-8-14/h2-8,15H,1H3. The Balaban J connectivity index is 2.33. The van der Waals surface area contributed by atoms with Gasteiger partial charge in [0.2, 0.25) is 0 Å². The van der Waals surface area contributed by atoms with Crippen molar-refractivity contribution in [1.29, 1.82) is 0 Å². The van der Waals surface area contributed by atoms with Crippen LogP contribution in [0.25, 0.3) is 5.69 Å². The maximum atomic E-state index is 8.36. The van der Waals surface area contributed by atoms with E-state index in [2.05, 4.69) is 10.1 Å². The van der Waals surface area contributed by atoms with Crippen molar-refractivity contribution >= 4 is 6.21 Å². The van der Waals surface area contributed by atoms with Crippen LogP contribution in [-0.2, 0) is 0 Å². The second-order valence-electron chi connectivity index (χ2n) is 3.29. The van der Waals surface area contributed by atoms with Gasteiger partial charge in [-0.2, -0.15) is 0 Å². The van der Waals surface area contributed by atoms with Crippen molar-refractivity contribution < 1.29 is 5.21 Å². The predicted molar refractivity (Wildman–Crippen MR) is 57.7 cm³/mol. The first kappa shape index (κ1) is 9.45. The molecule has 0 fully saturated rings. The fraction of sp³-hybridized carbons (Fsp3) is 0.0909.